The quantitative estimate of drug-likeness (QED) is 0.623. The Morgan fingerprint density at radius 1 is 1.41 bits per heavy atom. The Hall–Kier alpha value is -3.14. The lowest BCUT2D eigenvalue weighted by Gasteiger charge is -2.21. The zero-order valence-corrected chi connectivity index (χ0v) is 11.6. The van der Waals surface area contributed by atoms with Gasteiger partial charge < -0.3 is 9.64 Å². The van der Waals surface area contributed by atoms with Gasteiger partial charge >= 0.3 is 0 Å². The van der Waals surface area contributed by atoms with Crippen molar-refractivity contribution < 1.29 is 9.66 Å². The molecular weight excluding hydrogens is 284 g/mol. The van der Waals surface area contributed by atoms with Crippen LogP contribution in [0.1, 0.15) is 11.1 Å². The molecule has 1 aliphatic heterocycles. The minimum atomic E-state index is -0.557. The van der Waals surface area contributed by atoms with E-state index in [2.05, 4.69) is 4.98 Å². The molecule has 2 heterocycles. The molecule has 0 aliphatic carbocycles. The first kappa shape index (κ1) is 13.8. The van der Waals surface area contributed by atoms with Crippen molar-refractivity contribution in [2.45, 2.75) is 6.54 Å². The number of fused-ring (bicyclic) bond motifs is 1. The van der Waals surface area contributed by atoms with E-state index in [9.17, 15) is 15.4 Å². The standard InChI is InChI=1S/C15H12N4O3/c16-8-12-7-13(19(20)21)9-17-15(12)18-5-6-22-14-4-2-1-3-11(14)10-18/h1-4,7,9H,5-6,10H2. The molecular formula is C15H12N4O3. The lowest BCUT2D eigenvalue weighted by molar-refractivity contribution is -0.385. The number of anilines is 1. The fraction of sp³-hybridized carbons (Fsp3) is 0.200. The summed E-state index contributed by atoms with van der Waals surface area (Å²) in [6, 6.07) is 10.9. The first-order valence-corrected chi connectivity index (χ1v) is 6.69. The summed E-state index contributed by atoms with van der Waals surface area (Å²) in [5.41, 5.74) is 0.990. The summed E-state index contributed by atoms with van der Waals surface area (Å²) >= 11 is 0. The number of benzene rings is 1. The van der Waals surface area contributed by atoms with E-state index >= 15 is 0 Å². The molecule has 7 heteroatoms. The van der Waals surface area contributed by atoms with Crippen molar-refractivity contribution in [1.82, 2.24) is 4.98 Å². The van der Waals surface area contributed by atoms with Gasteiger partial charge in [-0.25, -0.2) is 4.98 Å². The molecule has 0 saturated carbocycles. The van der Waals surface area contributed by atoms with Gasteiger partial charge in [-0.2, -0.15) is 5.26 Å². The number of nitriles is 1. The van der Waals surface area contributed by atoms with Gasteiger partial charge in [0.1, 0.15) is 36.0 Å². The van der Waals surface area contributed by atoms with Crippen LogP contribution in [0.15, 0.2) is 36.5 Å². The van der Waals surface area contributed by atoms with Crippen LogP contribution in [0.25, 0.3) is 0 Å². The molecule has 0 unspecified atom stereocenters. The molecule has 0 bridgehead atoms. The van der Waals surface area contributed by atoms with Gasteiger partial charge in [0, 0.05) is 18.2 Å². The maximum absolute atomic E-state index is 10.8. The smallest absolute Gasteiger partial charge is 0.289 e. The molecule has 0 atom stereocenters. The van der Waals surface area contributed by atoms with Crippen LogP contribution >= 0.6 is 0 Å². The monoisotopic (exact) mass is 296 g/mol. The molecule has 0 saturated heterocycles. The van der Waals surface area contributed by atoms with E-state index in [0.717, 1.165) is 11.3 Å². The second-order valence-corrected chi connectivity index (χ2v) is 4.81. The molecule has 110 valence electrons. The van der Waals surface area contributed by atoms with Gasteiger partial charge in [-0.3, -0.25) is 10.1 Å². The van der Waals surface area contributed by atoms with Crippen molar-refractivity contribution in [3.05, 3.63) is 57.8 Å². The Bertz CT molecular complexity index is 770. The topological polar surface area (TPSA) is 92.3 Å². The third-order valence-electron chi connectivity index (χ3n) is 3.44. The summed E-state index contributed by atoms with van der Waals surface area (Å²) in [5.74, 6) is 1.25. The molecule has 3 rings (SSSR count). The fourth-order valence-electron chi connectivity index (χ4n) is 2.39. The number of rotatable bonds is 2. The number of para-hydroxylation sites is 1. The molecule has 1 aliphatic rings. The highest BCUT2D eigenvalue weighted by molar-refractivity contribution is 5.58. The van der Waals surface area contributed by atoms with Crippen molar-refractivity contribution in [2.24, 2.45) is 0 Å². The number of nitrogens with zero attached hydrogens (tertiary/aromatic N) is 4. The molecule has 22 heavy (non-hydrogen) atoms. The number of hydrogen-bond donors (Lipinski definition) is 0. The summed E-state index contributed by atoms with van der Waals surface area (Å²) in [4.78, 5) is 16.3. The van der Waals surface area contributed by atoms with Gasteiger partial charge in [0.25, 0.3) is 5.69 Å². The van der Waals surface area contributed by atoms with Crippen LogP contribution in [-0.2, 0) is 6.54 Å². The summed E-state index contributed by atoms with van der Waals surface area (Å²) in [6.45, 7) is 1.55. The highest BCUT2D eigenvalue weighted by Crippen LogP contribution is 2.28. The van der Waals surface area contributed by atoms with Crippen molar-refractivity contribution in [2.75, 3.05) is 18.1 Å². The zero-order valence-electron chi connectivity index (χ0n) is 11.6. The van der Waals surface area contributed by atoms with Gasteiger partial charge in [-0.15, -0.1) is 0 Å². The first-order valence-electron chi connectivity index (χ1n) is 6.69. The summed E-state index contributed by atoms with van der Waals surface area (Å²) in [7, 11) is 0. The van der Waals surface area contributed by atoms with E-state index in [4.69, 9.17) is 4.74 Å². The minimum Gasteiger partial charge on any atom is -0.491 e. The predicted molar refractivity (Wildman–Crippen MR) is 78.6 cm³/mol. The van der Waals surface area contributed by atoms with E-state index < -0.39 is 4.92 Å². The van der Waals surface area contributed by atoms with Crippen LogP contribution in [0.2, 0.25) is 0 Å². The largest absolute Gasteiger partial charge is 0.491 e. The number of nitro groups is 1. The lowest BCUT2D eigenvalue weighted by Crippen LogP contribution is -2.27. The molecule has 0 N–H and O–H groups in total. The molecule has 0 radical (unpaired) electrons. The zero-order chi connectivity index (χ0) is 15.5. The van der Waals surface area contributed by atoms with Crippen LogP contribution in [0.5, 0.6) is 5.75 Å². The average Bonchev–Trinajstić information content (AvgIpc) is 2.76. The van der Waals surface area contributed by atoms with Gasteiger partial charge in [-0.05, 0) is 6.07 Å². The third-order valence-corrected chi connectivity index (χ3v) is 3.44. The summed E-state index contributed by atoms with van der Waals surface area (Å²) in [5, 5.41) is 20.0. The molecule has 1 aromatic heterocycles. The normalized spacial score (nSPS) is 13.5. The molecule has 0 fully saturated rings. The van der Waals surface area contributed by atoms with E-state index in [-0.39, 0.29) is 11.3 Å². The van der Waals surface area contributed by atoms with Crippen molar-refractivity contribution in [1.29, 1.82) is 5.26 Å². The molecule has 2 aromatic rings. The second kappa shape index (κ2) is 5.69. The molecule has 7 nitrogen and oxygen atoms in total. The van der Waals surface area contributed by atoms with E-state index in [0.29, 0.717) is 25.5 Å². The SMILES string of the molecule is N#Cc1cc([N+](=O)[O-])cnc1N1CCOc2ccccc2C1. The van der Waals surface area contributed by atoms with Crippen LogP contribution in [0, 0.1) is 21.4 Å². The van der Waals surface area contributed by atoms with Crippen molar-refractivity contribution in [3.63, 3.8) is 0 Å². The maximum atomic E-state index is 10.8. The Morgan fingerprint density at radius 2 is 2.23 bits per heavy atom. The van der Waals surface area contributed by atoms with Gasteiger partial charge in [0.15, 0.2) is 0 Å². The Kier molecular flexibility index (Phi) is 3.58. The average molecular weight is 296 g/mol. The Labute approximate surface area is 126 Å². The number of hydrogen-bond acceptors (Lipinski definition) is 6. The van der Waals surface area contributed by atoms with Crippen LogP contribution in [0.3, 0.4) is 0 Å². The van der Waals surface area contributed by atoms with Crippen molar-refractivity contribution >= 4 is 11.5 Å². The molecule has 0 spiro atoms. The first-order chi connectivity index (χ1) is 10.7. The van der Waals surface area contributed by atoms with E-state index in [1.165, 1.54) is 12.3 Å². The maximum Gasteiger partial charge on any atom is 0.289 e. The summed E-state index contributed by atoms with van der Waals surface area (Å²) < 4.78 is 5.68. The Morgan fingerprint density at radius 3 is 3.00 bits per heavy atom. The lowest BCUT2D eigenvalue weighted by atomic mass is 10.1. The van der Waals surface area contributed by atoms with E-state index in [1.807, 2.05) is 35.2 Å². The number of pyridine rings is 1. The highest BCUT2D eigenvalue weighted by atomic mass is 16.6. The molecule has 0 amide bonds. The number of ether oxygens (including phenoxy) is 1. The van der Waals surface area contributed by atoms with Crippen molar-refractivity contribution in [3.8, 4) is 11.8 Å². The van der Waals surface area contributed by atoms with E-state index in [1.54, 1.807) is 0 Å². The minimum absolute atomic E-state index is 0.188. The highest BCUT2D eigenvalue weighted by Gasteiger charge is 2.21. The Balaban J connectivity index is 1.98. The van der Waals surface area contributed by atoms with Crippen LogP contribution in [0.4, 0.5) is 11.5 Å². The predicted octanol–water partition coefficient (Wildman–Crippen LogP) is 2.26. The van der Waals surface area contributed by atoms with Gasteiger partial charge in [0.05, 0.1) is 11.5 Å². The number of aromatic nitrogens is 1. The molecule has 1 aromatic carbocycles. The van der Waals surface area contributed by atoms with Gasteiger partial charge in [0.2, 0.25) is 0 Å². The summed E-state index contributed by atoms with van der Waals surface area (Å²) in [6.07, 6.45) is 1.17. The third kappa shape index (κ3) is 2.54. The second-order valence-electron chi connectivity index (χ2n) is 4.81. The fourth-order valence-corrected chi connectivity index (χ4v) is 2.39. The van der Waals surface area contributed by atoms with Crippen LogP contribution in [-0.4, -0.2) is 23.1 Å². The van der Waals surface area contributed by atoms with Gasteiger partial charge in [-0.1, -0.05) is 18.2 Å². The van der Waals surface area contributed by atoms with Crippen LogP contribution < -0.4 is 9.64 Å².